The predicted molar refractivity (Wildman–Crippen MR) is 73.0 cm³/mol. The number of hydrogen-bond donors (Lipinski definition) is 1. The van der Waals surface area contributed by atoms with Gasteiger partial charge in [-0.3, -0.25) is 4.68 Å². The zero-order valence-electron chi connectivity index (χ0n) is 10.6. The minimum Gasteiger partial charge on any atom is -0.350 e. The van der Waals surface area contributed by atoms with Crippen molar-refractivity contribution in [3.05, 3.63) is 42.4 Å². The number of aryl methyl sites for hydroxylation is 2. The Morgan fingerprint density at radius 1 is 1.17 bits per heavy atom. The monoisotopic (exact) mass is 240 g/mol. The summed E-state index contributed by atoms with van der Waals surface area (Å²) in [4.78, 5) is 0. The Hall–Kier alpha value is -2.07. The first-order valence-corrected chi connectivity index (χ1v) is 5.97. The summed E-state index contributed by atoms with van der Waals surface area (Å²) in [5.41, 5.74) is 10.4. The molecule has 2 heterocycles. The van der Waals surface area contributed by atoms with E-state index in [9.17, 15) is 0 Å². The van der Waals surface area contributed by atoms with Crippen LogP contribution in [0.1, 0.15) is 5.69 Å². The van der Waals surface area contributed by atoms with Crippen molar-refractivity contribution in [3.63, 3.8) is 0 Å². The van der Waals surface area contributed by atoms with E-state index in [-0.39, 0.29) is 0 Å². The van der Waals surface area contributed by atoms with Crippen molar-refractivity contribution in [1.29, 1.82) is 0 Å². The largest absolute Gasteiger partial charge is 0.350 e. The van der Waals surface area contributed by atoms with Crippen LogP contribution in [0.5, 0.6) is 0 Å². The maximum Gasteiger partial charge on any atom is 0.0595 e. The molecule has 3 aromatic rings. The molecule has 0 fully saturated rings. The lowest BCUT2D eigenvalue weighted by Crippen LogP contribution is -2.05. The van der Waals surface area contributed by atoms with E-state index >= 15 is 0 Å². The summed E-state index contributed by atoms with van der Waals surface area (Å²) in [6.45, 7) is 0.495. The van der Waals surface area contributed by atoms with Crippen LogP contribution < -0.4 is 5.73 Å². The Bertz CT molecular complexity index is 706. The molecule has 1 aromatic carbocycles. The van der Waals surface area contributed by atoms with Gasteiger partial charge in [-0.25, -0.2) is 0 Å². The zero-order chi connectivity index (χ0) is 12.7. The van der Waals surface area contributed by atoms with E-state index in [4.69, 9.17) is 5.73 Å². The summed E-state index contributed by atoms with van der Waals surface area (Å²) in [6, 6.07) is 8.37. The molecule has 3 rings (SSSR count). The highest BCUT2D eigenvalue weighted by atomic mass is 15.3. The number of para-hydroxylation sites is 1. The normalized spacial score (nSPS) is 11.3. The molecule has 18 heavy (non-hydrogen) atoms. The van der Waals surface area contributed by atoms with E-state index in [1.54, 1.807) is 0 Å². The molecule has 0 aliphatic carbocycles. The van der Waals surface area contributed by atoms with Crippen molar-refractivity contribution in [2.75, 3.05) is 0 Å². The number of rotatable bonds is 2. The summed E-state index contributed by atoms with van der Waals surface area (Å²) in [5, 5.41) is 5.55. The number of benzene rings is 1. The van der Waals surface area contributed by atoms with E-state index < -0.39 is 0 Å². The van der Waals surface area contributed by atoms with E-state index in [0.717, 1.165) is 11.3 Å². The van der Waals surface area contributed by atoms with Crippen LogP contribution >= 0.6 is 0 Å². The van der Waals surface area contributed by atoms with Gasteiger partial charge in [0, 0.05) is 48.9 Å². The Labute approximate surface area is 106 Å². The van der Waals surface area contributed by atoms with Gasteiger partial charge in [-0.15, -0.1) is 0 Å². The molecule has 0 saturated carbocycles. The summed E-state index contributed by atoms with van der Waals surface area (Å²) in [6.07, 6.45) is 4.03. The van der Waals surface area contributed by atoms with Crippen LogP contribution in [0.3, 0.4) is 0 Å². The SMILES string of the molecule is Cn1ncc(-c2cn(C)c3ccccc23)c1CN. The second kappa shape index (κ2) is 3.99. The van der Waals surface area contributed by atoms with E-state index in [2.05, 4.69) is 47.2 Å². The second-order valence-electron chi connectivity index (χ2n) is 4.50. The van der Waals surface area contributed by atoms with Crippen LogP contribution in [0.2, 0.25) is 0 Å². The first-order valence-electron chi connectivity index (χ1n) is 5.97. The molecule has 2 aromatic heterocycles. The first-order chi connectivity index (χ1) is 8.72. The summed E-state index contributed by atoms with van der Waals surface area (Å²) >= 11 is 0. The molecular weight excluding hydrogens is 224 g/mol. The van der Waals surface area contributed by atoms with Crippen LogP contribution in [0, 0.1) is 0 Å². The standard InChI is InChI=1S/C14H16N4/c1-17-9-12(10-5-3-4-6-13(10)17)11-8-16-18(2)14(11)7-15/h3-6,8-9H,7,15H2,1-2H3. The highest BCUT2D eigenvalue weighted by Gasteiger charge is 2.14. The predicted octanol–water partition coefficient (Wildman–Crippen LogP) is 2.04. The molecule has 4 heteroatoms. The zero-order valence-corrected chi connectivity index (χ0v) is 10.6. The molecule has 0 bridgehead atoms. The topological polar surface area (TPSA) is 48.8 Å². The van der Waals surface area contributed by atoms with Crippen molar-refractivity contribution in [1.82, 2.24) is 14.3 Å². The van der Waals surface area contributed by atoms with Gasteiger partial charge >= 0.3 is 0 Å². The summed E-state index contributed by atoms with van der Waals surface area (Å²) in [7, 11) is 3.99. The number of aromatic nitrogens is 3. The summed E-state index contributed by atoms with van der Waals surface area (Å²) in [5.74, 6) is 0. The van der Waals surface area contributed by atoms with Gasteiger partial charge in [-0.2, -0.15) is 5.10 Å². The van der Waals surface area contributed by atoms with Gasteiger partial charge in [0.2, 0.25) is 0 Å². The van der Waals surface area contributed by atoms with Crippen LogP contribution in [0.4, 0.5) is 0 Å². The fraction of sp³-hybridized carbons (Fsp3) is 0.214. The molecular formula is C14H16N4. The molecule has 92 valence electrons. The van der Waals surface area contributed by atoms with Crippen molar-refractivity contribution in [3.8, 4) is 11.1 Å². The fourth-order valence-electron chi connectivity index (χ4n) is 2.49. The Kier molecular flexibility index (Phi) is 2.45. The van der Waals surface area contributed by atoms with Crippen LogP contribution in [0.15, 0.2) is 36.7 Å². The molecule has 4 nitrogen and oxygen atoms in total. The maximum absolute atomic E-state index is 5.82. The van der Waals surface area contributed by atoms with Crippen LogP contribution in [0.25, 0.3) is 22.0 Å². The average molecular weight is 240 g/mol. The minimum atomic E-state index is 0.495. The molecule has 0 atom stereocenters. The van der Waals surface area contributed by atoms with Gasteiger partial charge in [-0.1, -0.05) is 18.2 Å². The molecule has 0 unspecified atom stereocenters. The Morgan fingerprint density at radius 2 is 1.94 bits per heavy atom. The maximum atomic E-state index is 5.82. The van der Waals surface area contributed by atoms with E-state index in [0.29, 0.717) is 6.54 Å². The number of nitrogens with zero attached hydrogens (tertiary/aromatic N) is 3. The Balaban J connectivity index is 2.32. The average Bonchev–Trinajstić information content (AvgIpc) is 2.91. The third-order valence-corrected chi connectivity index (χ3v) is 3.44. The molecule has 0 aliphatic heterocycles. The quantitative estimate of drug-likeness (QED) is 0.745. The minimum absolute atomic E-state index is 0.495. The summed E-state index contributed by atoms with van der Waals surface area (Å²) < 4.78 is 3.98. The number of nitrogens with two attached hydrogens (primary N) is 1. The van der Waals surface area contributed by atoms with Crippen molar-refractivity contribution in [2.45, 2.75) is 6.54 Å². The fourth-order valence-corrected chi connectivity index (χ4v) is 2.49. The van der Waals surface area contributed by atoms with Gasteiger partial charge in [0.1, 0.15) is 0 Å². The molecule has 0 spiro atoms. The molecule has 2 N–H and O–H groups in total. The van der Waals surface area contributed by atoms with Gasteiger partial charge < -0.3 is 10.3 Å². The molecule has 0 aliphatic rings. The number of fused-ring (bicyclic) bond motifs is 1. The highest BCUT2D eigenvalue weighted by molar-refractivity contribution is 5.96. The van der Waals surface area contributed by atoms with Crippen molar-refractivity contribution < 1.29 is 0 Å². The van der Waals surface area contributed by atoms with Crippen molar-refractivity contribution >= 4 is 10.9 Å². The van der Waals surface area contributed by atoms with Gasteiger partial charge in [0.25, 0.3) is 0 Å². The smallest absolute Gasteiger partial charge is 0.0595 e. The lowest BCUT2D eigenvalue weighted by molar-refractivity contribution is 0.713. The van der Waals surface area contributed by atoms with Gasteiger partial charge in [-0.05, 0) is 6.07 Å². The second-order valence-corrected chi connectivity index (χ2v) is 4.50. The van der Waals surface area contributed by atoms with Gasteiger partial charge in [0.15, 0.2) is 0 Å². The first kappa shape index (κ1) is 11.0. The lowest BCUT2D eigenvalue weighted by Gasteiger charge is -2.02. The van der Waals surface area contributed by atoms with Crippen molar-refractivity contribution in [2.24, 2.45) is 19.8 Å². The third-order valence-electron chi connectivity index (χ3n) is 3.44. The number of hydrogen-bond acceptors (Lipinski definition) is 2. The third kappa shape index (κ3) is 1.46. The Morgan fingerprint density at radius 3 is 2.72 bits per heavy atom. The lowest BCUT2D eigenvalue weighted by atomic mass is 10.1. The van der Waals surface area contributed by atoms with E-state index in [1.165, 1.54) is 16.5 Å². The van der Waals surface area contributed by atoms with Crippen LogP contribution in [-0.4, -0.2) is 14.3 Å². The highest BCUT2D eigenvalue weighted by Crippen LogP contribution is 2.31. The van der Waals surface area contributed by atoms with E-state index in [1.807, 2.05) is 17.9 Å². The van der Waals surface area contributed by atoms with Crippen LogP contribution in [-0.2, 0) is 20.6 Å². The molecule has 0 amide bonds. The van der Waals surface area contributed by atoms with Gasteiger partial charge in [0.05, 0.1) is 11.9 Å². The molecule has 0 saturated heterocycles. The molecule has 0 radical (unpaired) electrons.